The number of aryl methyl sites for hydroxylation is 1. The molecule has 0 unspecified atom stereocenters. The Bertz CT molecular complexity index is 1280. The number of fused-ring (bicyclic) bond motifs is 2. The number of hydrogen-bond acceptors (Lipinski definition) is 7. The fourth-order valence-corrected chi connectivity index (χ4v) is 5.14. The van der Waals surface area contributed by atoms with Gasteiger partial charge in [0.15, 0.2) is 5.78 Å². The normalized spacial score (nSPS) is 16.0. The number of para-hydroxylation sites is 1. The number of aromatic amines is 1. The van der Waals surface area contributed by atoms with E-state index in [0.29, 0.717) is 22.7 Å². The third kappa shape index (κ3) is 5.08. The number of nitrogens with zero attached hydrogens (tertiary/aromatic N) is 3. The molecule has 7 nitrogen and oxygen atoms in total. The first kappa shape index (κ1) is 23.8. The van der Waals surface area contributed by atoms with Crippen molar-refractivity contribution in [1.29, 1.82) is 0 Å². The lowest BCUT2D eigenvalue weighted by Gasteiger charge is -2.18. The van der Waals surface area contributed by atoms with Gasteiger partial charge in [-0.25, -0.2) is 9.97 Å². The number of aromatic nitrogens is 4. The van der Waals surface area contributed by atoms with Gasteiger partial charge in [-0.05, 0) is 58.2 Å². The van der Waals surface area contributed by atoms with E-state index < -0.39 is 5.60 Å². The molecule has 34 heavy (non-hydrogen) atoms. The smallest absolute Gasteiger partial charge is 0.163 e. The Morgan fingerprint density at radius 1 is 1.24 bits per heavy atom. The van der Waals surface area contributed by atoms with E-state index >= 15 is 0 Å². The summed E-state index contributed by atoms with van der Waals surface area (Å²) in [6.07, 6.45) is 8.11. The van der Waals surface area contributed by atoms with Crippen LogP contribution in [0.5, 0.6) is 0 Å². The summed E-state index contributed by atoms with van der Waals surface area (Å²) in [6, 6.07) is 11.8. The highest BCUT2D eigenvalue weighted by Crippen LogP contribution is 2.38. The summed E-state index contributed by atoms with van der Waals surface area (Å²) in [4.78, 5) is 27.9. The monoisotopic (exact) mass is 475 g/mol. The number of ketones is 1. The Morgan fingerprint density at radius 3 is 2.68 bits per heavy atom. The number of thiazole rings is 1. The van der Waals surface area contributed by atoms with Gasteiger partial charge in [-0.1, -0.05) is 18.2 Å². The number of hydrogen-bond donors (Lipinski definition) is 3. The molecule has 1 aliphatic carbocycles. The van der Waals surface area contributed by atoms with Gasteiger partial charge in [0, 0.05) is 23.7 Å². The fraction of sp³-hybridized carbons (Fsp3) is 0.308. The molecule has 3 aromatic heterocycles. The number of pyridine rings is 1. The molecule has 0 radical (unpaired) electrons. The summed E-state index contributed by atoms with van der Waals surface area (Å²) in [5, 5.41) is 11.0. The molecule has 4 N–H and O–H groups in total. The molecule has 0 aliphatic heterocycles. The van der Waals surface area contributed by atoms with Gasteiger partial charge in [-0.15, -0.1) is 11.3 Å². The number of H-pyrrole nitrogens is 1. The molecule has 4 aromatic rings. The predicted octanol–water partition coefficient (Wildman–Crippen LogP) is 4.69. The number of nitrogens with one attached hydrogen (secondary N) is 1. The van der Waals surface area contributed by atoms with Crippen molar-refractivity contribution in [3.63, 3.8) is 0 Å². The minimum atomic E-state index is -0.936. The van der Waals surface area contributed by atoms with E-state index in [0.717, 1.165) is 18.4 Å². The van der Waals surface area contributed by atoms with Crippen molar-refractivity contribution in [3.05, 3.63) is 82.8 Å². The molecule has 8 heteroatoms. The maximum atomic E-state index is 11.2. The van der Waals surface area contributed by atoms with Gasteiger partial charge >= 0.3 is 0 Å². The van der Waals surface area contributed by atoms with Gasteiger partial charge in [0.25, 0.3) is 0 Å². The van der Waals surface area contributed by atoms with E-state index in [2.05, 4.69) is 33.2 Å². The average Bonchev–Trinajstić information content (AvgIpc) is 3.46. The average molecular weight is 476 g/mol. The molecule has 0 spiro atoms. The van der Waals surface area contributed by atoms with E-state index in [1.807, 2.05) is 12.4 Å². The minimum Gasteiger partial charge on any atom is -0.404 e. The second kappa shape index (κ2) is 9.87. The molecule has 1 atom stereocenters. The van der Waals surface area contributed by atoms with E-state index in [1.165, 1.54) is 40.6 Å². The van der Waals surface area contributed by atoms with Gasteiger partial charge in [-0.2, -0.15) is 0 Å². The van der Waals surface area contributed by atoms with Crippen molar-refractivity contribution in [3.8, 4) is 0 Å². The van der Waals surface area contributed by atoms with Crippen molar-refractivity contribution in [2.75, 3.05) is 0 Å². The minimum absolute atomic E-state index is 0.133. The van der Waals surface area contributed by atoms with Crippen LogP contribution in [0.2, 0.25) is 0 Å². The molecule has 0 saturated heterocycles. The summed E-state index contributed by atoms with van der Waals surface area (Å²) >= 11 is 1.81. The molecule has 5 rings (SSSR count). The van der Waals surface area contributed by atoms with Crippen LogP contribution in [0.3, 0.4) is 0 Å². The van der Waals surface area contributed by atoms with Crippen molar-refractivity contribution >= 4 is 32.9 Å². The standard InChI is InChI=1S/C14H13N3S.C12H16N2O2/c1-2-7-12-10(5-1)17-14(18-12)9-4-3-6-11-13(9)16-8-15-11;1-8(15)10(6-13)11-5-4-9(7-14-11)12(2,3)16/h1-2,5,7-9H,3-4,6H2,(H,15,16);4-7,16H,13H2,1-3H3/b;10-6-/t9-;/m0./s1. The highest BCUT2D eigenvalue weighted by Gasteiger charge is 2.26. The lowest BCUT2D eigenvalue weighted by molar-refractivity contribution is -0.111. The van der Waals surface area contributed by atoms with Crippen molar-refractivity contribution in [2.45, 2.75) is 51.6 Å². The Morgan fingerprint density at radius 2 is 2.03 bits per heavy atom. The number of Topliss-reactive ketones (excluding diaryl/α,β-unsaturated/α-hetero) is 1. The van der Waals surface area contributed by atoms with Crippen LogP contribution in [0.15, 0.2) is 55.1 Å². The third-order valence-corrected chi connectivity index (χ3v) is 7.05. The molecule has 1 aromatic carbocycles. The molecule has 1 aliphatic rings. The number of rotatable bonds is 4. The maximum absolute atomic E-state index is 11.2. The number of aliphatic hydroxyl groups is 1. The molecular formula is C26H29N5O2S. The lowest BCUT2D eigenvalue weighted by Crippen LogP contribution is -2.16. The zero-order valence-electron chi connectivity index (χ0n) is 19.6. The van der Waals surface area contributed by atoms with E-state index in [9.17, 15) is 9.90 Å². The Kier molecular flexibility index (Phi) is 6.90. The van der Waals surface area contributed by atoms with Gasteiger partial charge in [0.05, 0.1) is 45.0 Å². The molecule has 0 bridgehead atoms. The SMILES string of the molecule is CC(=O)/C(=C/N)c1ccc(C(C)(C)O)cn1.c1ccc2sc([C@H]3CCCc4[nH]cnc43)nc2c1. The second-order valence-corrected chi connectivity index (χ2v) is 9.92. The van der Waals surface area contributed by atoms with Crippen LogP contribution in [-0.2, 0) is 16.8 Å². The van der Waals surface area contributed by atoms with Crippen molar-refractivity contribution < 1.29 is 9.90 Å². The number of benzene rings is 1. The van der Waals surface area contributed by atoms with Crippen molar-refractivity contribution in [1.82, 2.24) is 19.9 Å². The van der Waals surface area contributed by atoms with E-state index in [4.69, 9.17) is 10.7 Å². The Hall–Kier alpha value is -3.36. The van der Waals surface area contributed by atoms with Gasteiger partial charge < -0.3 is 15.8 Å². The number of nitrogens with two attached hydrogens (primary N) is 1. The van der Waals surface area contributed by atoms with Crippen LogP contribution in [0.4, 0.5) is 0 Å². The summed E-state index contributed by atoms with van der Waals surface area (Å²) < 4.78 is 1.27. The highest BCUT2D eigenvalue weighted by molar-refractivity contribution is 7.18. The number of carbonyl (C=O) groups excluding carboxylic acids is 1. The zero-order chi connectivity index (χ0) is 24.3. The fourth-order valence-electron chi connectivity index (χ4n) is 4.03. The highest BCUT2D eigenvalue weighted by atomic mass is 32.1. The number of carbonyl (C=O) groups is 1. The van der Waals surface area contributed by atoms with Crippen LogP contribution < -0.4 is 5.73 Å². The Labute approximate surface area is 202 Å². The van der Waals surface area contributed by atoms with Gasteiger partial charge in [0.1, 0.15) is 5.01 Å². The lowest BCUT2D eigenvalue weighted by atomic mass is 9.90. The first-order chi connectivity index (χ1) is 16.3. The van der Waals surface area contributed by atoms with E-state index in [1.54, 1.807) is 43.5 Å². The quantitative estimate of drug-likeness (QED) is 0.369. The number of imidazole rings is 1. The largest absolute Gasteiger partial charge is 0.404 e. The van der Waals surface area contributed by atoms with Crippen LogP contribution in [0.1, 0.15) is 67.2 Å². The zero-order valence-corrected chi connectivity index (χ0v) is 20.4. The van der Waals surface area contributed by atoms with E-state index in [-0.39, 0.29) is 5.78 Å². The molecule has 0 amide bonds. The molecule has 0 fully saturated rings. The predicted molar refractivity (Wildman–Crippen MR) is 135 cm³/mol. The van der Waals surface area contributed by atoms with Crippen LogP contribution in [-0.4, -0.2) is 30.8 Å². The second-order valence-electron chi connectivity index (χ2n) is 8.86. The van der Waals surface area contributed by atoms with Crippen LogP contribution in [0.25, 0.3) is 15.8 Å². The first-order valence-corrected chi connectivity index (χ1v) is 12.1. The van der Waals surface area contributed by atoms with Crippen molar-refractivity contribution in [2.24, 2.45) is 5.73 Å². The summed E-state index contributed by atoms with van der Waals surface area (Å²) in [6.45, 7) is 4.78. The molecule has 3 heterocycles. The molecular weight excluding hydrogens is 446 g/mol. The summed E-state index contributed by atoms with van der Waals surface area (Å²) in [5.74, 6) is 0.253. The number of allylic oxidation sites excluding steroid dienone is 1. The topological polar surface area (TPSA) is 118 Å². The molecule has 176 valence electrons. The van der Waals surface area contributed by atoms with Gasteiger partial charge in [0.2, 0.25) is 0 Å². The Balaban J connectivity index is 0.000000163. The summed E-state index contributed by atoms with van der Waals surface area (Å²) in [5.41, 5.74) is 9.62. The summed E-state index contributed by atoms with van der Waals surface area (Å²) in [7, 11) is 0. The van der Waals surface area contributed by atoms with Crippen LogP contribution in [0, 0.1) is 0 Å². The van der Waals surface area contributed by atoms with Crippen LogP contribution >= 0.6 is 11.3 Å². The third-order valence-electron chi connectivity index (χ3n) is 5.90. The molecule has 0 saturated carbocycles. The van der Waals surface area contributed by atoms with Gasteiger partial charge in [-0.3, -0.25) is 9.78 Å². The first-order valence-electron chi connectivity index (χ1n) is 11.3. The maximum Gasteiger partial charge on any atom is 0.163 e.